The van der Waals surface area contributed by atoms with Crippen LogP contribution in [0.2, 0.25) is 0 Å². The smallest absolute Gasteiger partial charge is 0.452 e. The van der Waals surface area contributed by atoms with E-state index in [-0.39, 0.29) is 22.4 Å². The van der Waals surface area contributed by atoms with Crippen LogP contribution in [-0.2, 0) is 23.7 Å². The molecule has 1 aliphatic rings. The van der Waals surface area contributed by atoms with E-state index in [1.807, 2.05) is 0 Å². The van der Waals surface area contributed by atoms with E-state index in [1.54, 1.807) is 60.7 Å². The van der Waals surface area contributed by atoms with E-state index in [0.29, 0.717) is 0 Å². The average molecular weight is 634 g/mol. The lowest BCUT2D eigenvalue weighted by Gasteiger charge is -2.40. The highest BCUT2D eigenvalue weighted by Gasteiger charge is 2.52. The molecule has 4 atom stereocenters. The molecule has 0 bridgehead atoms. The minimum atomic E-state index is -5.11. The molecule has 0 radical (unpaired) electrons. The van der Waals surface area contributed by atoms with Crippen molar-refractivity contribution in [3.63, 3.8) is 0 Å². The van der Waals surface area contributed by atoms with Gasteiger partial charge in [-0.05, 0) is 48.5 Å². The quantitative estimate of drug-likeness (QED) is 0.0959. The molecular weight excluding hydrogens is 607 g/mol. The highest BCUT2D eigenvalue weighted by Crippen LogP contribution is 2.31. The number of carbonyl (C=O) groups is 3. The van der Waals surface area contributed by atoms with E-state index in [1.165, 1.54) is 60.7 Å². The molecule has 1 fully saturated rings. The van der Waals surface area contributed by atoms with Crippen LogP contribution >= 0.6 is 0 Å². The number of para-hydroxylation sites is 1. The van der Waals surface area contributed by atoms with Gasteiger partial charge < -0.3 is 23.7 Å². The number of benzene rings is 4. The highest BCUT2D eigenvalue weighted by atomic mass is 19.4. The van der Waals surface area contributed by atoms with E-state index >= 15 is 0 Å². The van der Waals surface area contributed by atoms with Crippen LogP contribution in [0.4, 0.5) is 18.9 Å². The summed E-state index contributed by atoms with van der Waals surface area (Å²) >= 11 is 0. The number of nitrogens with zero attached hydrogens (tertiary/aromatic N) is 1. The van der Waals surface area contributed by atoms with E-state index in [0.717, 1.165) is 0 Å². The Bertz CT molecular complexity index is 1650. The van der Waals surface area contributed by atoms with Gasteiger partial charge in [0, 0.05) is 0 Å². The number of hydrogen-bond donors (Lipinski definition) is 0. The van der Waals surface area contributed by atoms with Gasteiger partial charge in [-0.1, -0.05) is 72.8 Å². The lowest BCUT2D eigenvalue weighted by atomic mass is 10.0. The Balaban J connectivity index is 1.53. The Morgan fingerprint density at radius 1 is 0.587 bits per heavy atom. The van der Waals surface area contributed by atoms with Crippen molar-refractivity contribution in [3.05, 3.63) is 138 Å². The predicted octanol–water partition coefficient (Wildman–Crippen LogP) is 6.33. The SMILES string of the molecule is O=C(O[C@@H]1[C@@H](OC(=O)c2ccccc2)[C@H](OC(=Nc2ccccc2)C(F)(F)F)OC[C@@H]1OC(=O)c1ccccc1)c1ccccc1. The molecule has 0 N–H and O–H groups in total. The van der Waals surface area contributed by atoms with Crippen LogP contribution in [0.15, 0.2) is 126 Å². The summed E-state index contributed by atoms with van der Waals surface area (Å²) in [4.78, 5) is 43.1. The summed E-state index contributed by atoms with van der Waals surface area (Å²) in [7, 11) is 0. The molecule has 4 aromatic carbocycles. The van der Waals surface area contributed by atoms with Gasteiger partial charge in [-0.3, -0.25) is 0 Å². The summed E-state index contributed by atoms with van der Waals surface area (Å²) < 4.78 is 70.5. The predicted molar refractivity (Wildman–Crippen MR) is 157 cm³/mol. The molecule has 0 spiro atoms. The minimum absolute atomic E-state index is 0.0341. The van der Waals surface area contributed by atoms with Crippen molar-refractivity contribution >= 4 is 29.5 Å². The monoisotopic (exact) mass is 633 g/mol. The molecule has 0 aromatic heterocycles. The van der Waals surface area contributed by atoms with Crippen LogP contribution in [0, 0.1) is 0 Å². The Kier molecular flexibility index (Phi) is 10.1. The van der Waals surface area contributed by atoms with Gasteiger partial charge in [0.1, 0.15) is 0 Å². The number of carbonyl (C=O) groups excluding carboxylic acids is 3. The van der Waals surface area contributed by atoms with Crippen molar-refractivity contribution in [2.45, 2.75) is 30.8 Å². The Morgan fingerprint density at radius 3 is 1.46 bits per heavy atom. The number of alkyl halides is 3. The normalized spacial score (nSPS) is 19.8. The third-order valence-corrected chi connectivity index (χ3v) is 6.61. The van der Waals surface area contributed by atoms with Crippen molar-refractivity contribution < 1.29 is 51.2 Å². The number of aliphatic imine (C=N–C) groups is 1. The van der Waals surface area contributed by atoms with Gasteiger partial charge in [-0.25, -0.2) is 19.4 Å². The standard InChI is InChI=1S/C34H26F3NO8/c35-34(36,37)33(38-25-19-11-4-12-20-25)46-32-28(45-31(41)24-17-9-3-10-18-24)27(44-30(40)23-15-7-2-8-16-23)26(21-42-32)43-29(39)22-13-5-1-6-14-22/h1-20,26-28,32H,21H2/t26-,27-,28+,32-/m0/s1. The number of halogens is 3. The Hall–Kier alpha value is -5.49. The zero-order valence-electron chi connectivity index (χ0n) is 23.9. The lowest BCUT2D eigenvalue weighted by Crippen LogP contribution is -2.59. The zero-order chi connectivity index (χ0) is 32.5. The molecule has 46 heavy (non-hydrogen) atoms. The Labute approximate surface area is 261 Å². The molecule has 0 unspecified atom stereocenters. The summed E-state index contributed by atoms with van der Waals surface area (Å²) in [6.07, 6.45) is -12.1. The van der Waals surface area contributed by atoms with Gasteiger partial charge in [0.2, 0.25) is 12.4 Å². The van der Waals surface area contributed by atoms with Crippen LogP contribution in [0.3, 0.4) is 0 Å². The molecule has 236 valence electrons. The summed E-state index contributed by atoms with van der Waals surface area (Å²) in [6, 6.07) is 30.3. The summed E-state index contributed by atoms with van der Waals surface area (Å²) in [6.45, 7) is -0.591. The first-order valence-corrected chi connectivity index (χ1v) is 14.0. The molecule has 9 nitrogen and oxygen atoms in total. The first kappa shape index (κ1) is 31.9. The van der Waals surface area contributed by atoms with E-state index < -0.39 is 61.2 Å². The second-order valence-corrected chi connectivity index (χ2v) is 9.85. The topological polar surface area (TPSA) is 110 Å². The van der Waals surface area contributed by atoms with Gasteiger partial charge in [-0.15, -0.1) is 0 Å². The molecule has 0 saturated carbocycles. The van der Waals surface area contributed by atoms with Gasteiger partial charge in [0.15, 0.2) is 12.2 Å². The summed E-state index contributed by atoms with van der Waals surface area (Å²) in [5.74, 6) is -4.48. The molecule has 4 aromatic rings. The minimum Gasteiger partial charge on any atom is -0.452 e. The van der Waals surface area contributed by atoms with Gasteiger partial charge >= 0.3 is 24.1 Å². The number of hydrogen-bond acceptors (Lipinski definition) is 9. The lowest BCUT2D eigenvalue weighted by molar-refractivity contribution is -0.251. The maximum atomic E-state index is 14.2. The molecule has 0 aliphatic carbocycles. The molecule has 5 rings (SSSR count). The summed E-state index contributed by atoms with van der Waals surface area (Å²) in [5.41, 5.74) is 0.174. The van der Waals surface area contributed by atoms with Crippen LogP contribution in [-0.4, -0.2) is 61.2 Å². The van der Waals surface area contributed by atoms with Gasteiger partial charge in [0.05, 0.1) is 29.0 Å². The van der Waals surface area contributed by atoms with Crippen LogP contribution < -0.4 is 0 Å². The van der Waals surface area contributed by atoms with Crippen molar-refractivity contribution in [3.8, 4) is 0 Å². The average Bonchev–Trinajstić information content (AvgIpc) is 3.07. The number of rotatable bonds is 8. The third-order valence-electron chi connectivity index (χ3n) is 6.61. The van der Waals surface area contributed by atoms with Crippen molar-refractivity contribution in [2.24, 2.45) is 4.99 Å². The fraction of sp³-hybridized carbons (Fsp3) is 0.176. The molecular formula is C34H26F3NO8. The third kappa shape index (κ3) is 8.16. The van der Waals surface area contributed by atoms with E-state index in [9.17, 15) is 27.6 Å². The van der Waals surface area contributed by atoms with Crippen LogP contribution in [0.1, 0.15) is 31.1 Å². The second kappa shape index (κ2) is 14.5. The number of esters is 3. The zero-order valence-corrected chi connectivity index (χ0v) is 23.9. The van der Waals surface area contributed by atoms with Crippen molar-refractivity contribution in [2.75, 3.05) is 6.61 Å². The molecule has 12 heteroatoms. The van der Waals surface area contributed by atoms with Crippen LogP contribution in [0.25, 0.3) is 0 Å². The first-order chi connectivity index (χ1) is 22.2. The molecule has 0 amide bonds. The fourth-order valence-corrected chi connectivity index (χ4v) is 4.41. The van der Waals surface area contributed by atoms with E-state index in [2.05, 4.69) is 4.99 Å². The Morgan fingerprint density at radius 2 is 1.00 bits per heavy atom. The fourth-order valence-electron chi connectivity index (χ4n) is 4.41. The first-order valence-electron chi connectivity index (χ1n) is 14.0. The molecule has 1 aliphatic heterocycles. The molecule has 1 heterocycles. The maximum Gasteiger partial charge on any atom is 0.468 e. The summed E-state index contributed by atoms with van der Waals surface area (Å²) in [5, 5.41) is 0. The second-order valence-electron chi connectivity index (χ2n) is 9.85. The maximum absolute atomic E-state index is 14.2. The molecule has 1 saturated heterocycles. The van der Waals surface area contributed by atoms with E-state index in [4.69, 9.17) is 23.7 Å². The van der Waals surface area contributed by atoms with Crippen molar-refractivity contribution in [1.29, 1.82) is 0 Å². The van der Waals surface area contributed by atoms with Gasteiger partial charge in [-0.2, -0.15) is 13.2 Å². The highest BCUT2D eigenvalue weighted by molar-refractivity contribution is 5.91. The van der Waals surface area contributed by atoms with Crippen LogP contribution in [0.5, 0.6) is 0 Å². The van der Waals surface area contributed by atoms with Crippen molar-refractivity contribution in [1.82, 2.24) is 0 Å². The number of ether oxygens (including phenoxy) is 5. The van der Waals surface area contributed by atoms with Gasteiger partial charge in [0.25, 0.3) is 5.90 Å². The largest absolute Gasteiger partial charge is 0.468 e.